The van der Waals surface area contributed by atoms with Gasteiger partial charge in [-0.3, -0.25) is 0 Å². The van der Waals surface area contributed by atoms with Crippen molar-refractivity contribution in [3.8, 4) is 22.3 Å². The zero-order valence-corrected chi connectivity index (χ0v) is 33.0. The second kappa shape index (κ2) is 14.1. The van der Waals surface area contributed by atoms with E-state index >= 15 is 0 Å². The van der Waals surface area contributed by atoms with Crippen molar-refractivity contribution < 1.29 is 0 Å². The largest absolute Gasteiger partial charge is 0.314 e. The molecule has 280 valence electrons. The maximum absolute atomic E-state index is 2.49. The van der Waals surface area contributed by atoms with Gasteiger partial charge in [-0.05, 0) is 143 Å². The first-order chi connectivity index (χ1) is 28.6. The van der Waals surface area contributed by atoms with Crippen molar-refractivity contribution in [2.24, 2.45) is 0 Å². The van der Waals surface area contributed by atoms with Gasteiger partial charge in [-0.1, -0.05) is 146 Å². The molecule has 0 bridgehead atoms. The summed E-state index contributed by atoms with van der Waals surface area (Å²) in [7, 11) is 0. The summed E-state index contributed by atoms with van der Waals surface area (Å²) < 4.78 is 0. The van der Waals surface area contributed by atoms with E-state index in [9.17, 15) is 0 Å². The molecule has 6 aromatic rings. The quantitative estimate of drug-likeness (QED) is 0.160. The summed E-state index contributed by atoms with van der Waals surface area (Å²) in [4.78, 5) is 4.93. The van der Waals surface area contributed by atoms with Crippen LogP contribution in [-0.4, -0.2) is 0 Å². The maximum atomic E-state index is 2.49. The standard InChI is InChI=1S/C56H46N2/c1-56(43-15-5-2-6-16-43)52-23-13-11-21-48(52)49-35-34-47(38-53(49)56)57(44-17-7-3-8-18-44)46-32-29-40(30-33-46)39-25-27-41(28-26-39)42-31-36-55-51(37-42)50-22-12-14-24-54(50)58(55)45-19-9-4-10-20-45/h2,5-7,9,11-36,38,51H,3-4,8,10,37H2,1H3. The lowest BCUT2D eigenvalue weighted by atomic mass is 9.74. The topological polar surface area (TPSA) is 6.48 Å². The minimum Gasteiger partial charge on any atom is -0.314 e. The summed E-state index contributed by atoms with van der Waals surface area (Å²) in [6.07, 6.45) is 24.0. The summed E-state index contributed by atoms with van der Waals surface area (Å²) >= 11 is 0. The Balaban J connectivity index is 0.898. The molecule has 0 amide bonds. The molecule has 2 unspecified atom stereocenters. The van der Waals surface area contributed by atoms with E-state index in [1.165, 1.54) is 84.1 Å². The highest BCUT2D eigenvalue weighted by atomic mass is 15.2. The normalized spacial score (nSPS) is 19.9. The predicted octanol–water partition coefficient (Wildman–Crippen LogP) is 14.6. The highest BCUT2D eigenvalue weighted by Gasteiger charge is 2.41. The van der Waals surface area contributed by atoms with E-state index in [0.29, 0.717) is 5.92 Å². The van der Waals surface area contributed by atoms with Gasteiger partial charge in [-0.15, -0.1) is 0 Å². The van der Waals surface area contributed by atoms with Crippen molar-refractivity contribution in [1.29, 1.82) is 0 Å². The van der Waals surface area contributed by atoms with E-state index < -0.39 is 0 Å². The van der Waals surface area contributed by atoms with E-state index in [4.69, 9.17) is 0 Å². The number of allylic oxidation sites excluding steroid dienone is 10. The first kappa shape index (κ1) is 34.6. The molecule has 5 aliphatic rings. The van der Waals surface area contributed by atoms with Crippen molar-refractivity contribution in [2.45, 2.75) is 50.4 Å². The van der Waals surface area contributed by atoms with Crippen LogP contribution in [0, 0.1) is 0 Å². The van der Waals surface area contributed by atoms with Crippen LogP contribution in [0.5, 0.6) is 0 Å². The Morgan fingerprint density at radius 1 is 0.569 bits per heavy atom. The molecule has 0 saturated heterocycles. The molecule has 2 nitrogen and oxygen atoms in total. The molecule has 1 aliphatic heterocycles. The fourth-order valence-electron chi connectivity index (χ4n) is 10.2. The first-order valence-corrected chi connectivity index (χ1v) is 21.0. The summed E-state index contributed by atoms with van der Waals surface area (Å²) in [5, 5.41) is 0. The van der Waals surface area contributed by atoms with Crippen molar-refractivity contribution in [3.63, 3.8) is 0 Å². The number of hydrogen-bond donors (Lipinski definition) is 0. The van der Waals surface area contributed by atoms with Gasteiger partial charge in [0.15, 0.2) is 0 Å². The van der Waals surface area contributed by atoms with Crippen molar-refractivity contribution in [3.05, 3.63) is 239 Å². The van der Waals surface area contributed by atoms with Gasteiger partial charge >= 0.3 is 0 Å². The van der Waals surface area contributed by atoms with Gasteiger partial charge in [0.05, 0.1) is 0 Å². The third kappa shape index (κ3) is 5.62. The van der Waals surface area contributed by atoms with Gasteiger partial charge in [0.2, 0.25) is 0 Å². The van der Waals surface area contributed by atoms with E-state index in [-0.39, 0.29) is 5.41 Å². The number of anilines is 3. The molecular weight excluding hydrogens is 701 g/mol. The lowest BCUT2D eigenvalue weighted by Gasteiger charge is -2.31. The molecule has 2 heteroatoms. The van der Waals surface area contributed by atoms with E-state index in [1.54, 1.807) is 0 Å². The van der Waals surface area contributed by atoms with Gasteiger partial charge in [0, 0.05) is 45.5 Å². The molecule has 11 rings (SSSR count). The van der Waals surface area contributed by atoms with Crippen LogP contribution in [0.3, 0.4) is 0 Å². The second-order valence-electron chi connectivity index (χ2n) is 16.4. The Bertz CT molecular complexity index is 2760. The molecule has 0 aromatic heterocycles. The Morgan fingerprint density at radius 2 is 1.24 bits per heavy atom. The number of rotatable bonds is 7. The minimum absolute atomic E-state index is 0.250. The molecule has 0 saturated carbocycles. The molecular formula is C56H46N2. The van der Waals surface area contributed by atoms with Gasteiger partial charge in [-0.25, -0.2) is 0 Å². The van der Waals surface area contributed by atoms with Crippen LogP contribution in [0.15, 0.2) is 211 Å². The lowest BCUT2D eigenvalue weighted by Crippen LogP contribution is -2.23. The van der Waals surface area contributed by atoms with Crippen LogP contribution in [0.4, 0.5) is 17.1 Å². The third-order valence-corrected chi connectivity index (χ3v) is 13.1. The van der Waals surface area contributed by atoms with Crippen molar-refractivity contribution >= 4 is 22.6 Å². The minimum atomic E-state index is -0.250. The van der Waals surface area contributed by atoms with Gasteiger partial charge < -0.3 is 9.80 Å². The summed E-state index contributed by atoms with van der Waals surface area (Å²) in [5.41, 5.74) is 20.6. The van der Waals surface area contributed by atoms with Gasteiger partial charge in [-0.2, -0.15) is 0 Å². The Labute approximate surface area is 342 Å². The Hall–Kier alpha value is -6.64. The second-order valence-corrected chi connectivity index (χ2v) is 16.4. The van der Waals surface area contributed by atoms with Crippen LogP contribution in [0.25, 0.3) is 27.8 Å². The summed E-state index contributed by atoms with van der Waals surface area (Å²) in [6, 6.07) is 54.4. The van der Waals surface area contributed by atoms with Gasteiger partial charge in [0.25, 0.3) is 0 Å². The number of benzene rings is 6. The Kier molecular flexibility index (Phi) is 8.40. The van der Waals surface area contributed by atoms with Crippen LogP contribution in [0.2, 0.25) is 0 Å². The van der Waals surface area contributed by atoms with E-state index in [2.05, 4.69) is 211 Å². The molecule has 6 aromatic carbocycles. The molecule has 0 spiro atoms. The summed E-state index contributed by atoms with van der Waals surface area (Å²) in [5.74, 6) is 0.366. The maximum Gasteiger partial charge on any atom is 0.0497 e. The molecule has 0 radical (unpaired) electrons. The van der Waals surface area contributed by atoms with Crippen molar-refractivity contribution in [1.82, 2.24) is 0 Å². The highest BCUT2D eigenvalue weighted by Crippen LogP contribution is 2.54. The average molecular weight is 747 g/mol. The first-order valence-electron chi connectivity index (χ1n) is 21.0. The van der Waals surface area contributed by atoms with Crippen molar-refractivity contribution in [2.75, 3.05) is 9.80 Å². The Morgan fingerprint density at radius 3 is 2.02 bits per heavy atom. The monoisotopic (exact) mass is 746 g/mol. The van der Waals surface area contributed by atoms with Crippen LogP contribution < -0.4 is 9.80 Å². The van der Waals surface area contributed by atoms with E-state index in [0.717, 1.165) is 37.8 Å². The lowest BCUT2D eigenvalue weighted by molar-refractivity contribution is 0.714. The fourth-order valence-corrected chi connectivity index (χ4v) is 10.2. The highest BCUT2D eigenvalue weighted by molar-refractivity contribution is 5.87. The smallest absolute Gasteiger partial charge is 0.0497 e. The molecule has 4 aliphatic carbocycles. The zero-order chi connectivity index (χ0) is 38.6. The third-order valence-electron chi connectivity index (χ3n) is 13.1. The number of hydrogen-bond acceptors (Lipinski definition) is 2. The summed E-state index contributed by atoms with van der Waals surface area (Å²) in [6.45, 7) is 2.40. The molecule has 58 heavy (non-hydrogen) atoms. The van der Waals surface area contributed by atoms with Crippen LogP contribution >= 0.6 is 0 Å². The average Bonchev–Trinajstić information content (AvgIpc) is 3.77. The molecule has 0 fully saturated rings. The predicted molar refractivity (Wildman–Crippen MR) is 243 cm³/mol. The SMILES string of the molecule is CC1(c2ccccc2)c2ccccc2-c2ccc(N(C3=CCCC=C3)c3ccc(-c4ccc(C5=CC=C6C(C5)c5ccccc5N6C5=CCCC=C5)cc4)cc3)cc21. The molecule has 1 heterocycles. The number of nitrogens with zero attached hydrogens (tertiary/aromatic N) is 2. The van der Waals surface area contributed by atoms with Gasteiger partial charge in [0.1, 0.15) is 0 Å². The number of fused-ring (bicyclic) bond motifs is 6. The van der Waals surface area contributed by atoms with E-state index in [1.807, 2.05) is 0 Å². The molecule has 0 N–H and O–H groups in total. The zero-order valence-electron chi connectivity index (χ0n) is 33.0. The fraction of sp³-hybridized carbons (Fsp3) is 0.143. The van der Waals surface area contributed by atoms with Crippen LogP contribution in [-0.2, 0) is 5.41 Å². The molecule has 2 atom stereocenters. The number of para-hydroxylation sites is 1. The van der Waals surface area contributed by atoms with Crippen LogP contribution in [0.1, 0.15) is 72.8 Å².